The Morgan fingerprint density at radius 3 is 2.30 bits per heavy atom. The Bertz CT molecular complexity index is 1020. The first kappa shape index (κ1) is 30.0. The van der Waals surface area contributed by atoms with Crippen molar-refractivity contribution in [3.05, 3.63) is 23.8 Å². The Kier molecular flexibility index (Phi) is 10.5. The minimum atomic E-state index is -0.403. The van der Waals surface area contributed by atoms with Crippen LogP contribution in [0.15, 0.2) is 18.2 Å². The first-order valence-electron chi connectivity index (χ1n) is 15.1. The highest BCUT2D eigenvalue weighted by Gasteiger charge is 2.34. The van der Waals surface area contributed by atoms with Gasteiger partial charge in [-0.2, -0.15) is 0 Å². The molecular weight excluding hydrogens is 510 g/mol. The third kappa shape index (κ3) is 7.80. The van der Waals surface area contributed by atoms with Gasteiger partial charge in [0.1, 0.15) is 11.9 Å². The van der Waals surface area contributed by atoms with Crippen LogP contribution in [0.1, 0.15) is 88.4 Å². The summed E-state index contributed by atoms with van der Waals surface area (Å²) < 4.78 is 6.41. The van der Waals surface area contributed by atoms with Crippen LogP contribution in [-0.2, 0) is 0 Å². The van der Waals surface area contributed by atoms with Crippen LogP contribution < -0.4 is 20.7 Å². The highest BCUT2D eigenvalue weighted by molar-refractivity contribution is 5.99. The van der Waals surface area contributed by atoms with E-state index in [9.17, 15) is 19.5 Å². The summed E-state index contributed by atoms with van der Waals surface area (Å²) in [5.41, 5.74) is 0.816. The second-order valence-corrected chi connectivity index (χ2v) is 11.9. The maximum absolute atomic E-state index is 13.7. The molecule has 3 atom stereocenters. The number of anilines is 1. The van der Waals surface area contributed by atoms with Crippen molar-refractivity contribution in [2.24, 2.45) is 5.92 Å². The van der Waals surface area contributed by atoms with Gasteiger partial charge in [-0.3, -0.25) is 4.79 Å². The van der Waals surface area contributed by atoms with Crippen LogP contribution >= 0.6 is 0 Å². The lowest BCUT2D eigenvalue weighted by Crippen LogP contribution is -2.52. The minimum absolute atomic E-state index is 0.102. The van der Waals surface area contributed by atoms with E-state index in [1.54, 1.807) is 35.0 Å². The molecule has 0 spiro atoms. The maximum atomic E-state index is 13.7. The molecular formula is C30H47N5O5. The van der Waals surface area contributed by atoms with E-state index in [-0.39, 0.29) is 48.7 Å². The van der Waals surface area contributed by atoms with E-state index < -0.39 is 6.04 Å². The highest BCUT2D eigenvalue weighted by atomic mass is 16.5. The largest absolute Gasteiger partial charge is 0.487 e. The average molecular weight is 558 g/mol. The van der Waals surface area contributed by atoms with E-state index in [4.69, 9.17) is 4.74 Å². The molecule has 2 fully saturated rings. The number of nitrogens with one attached hydrogen (secondary N) is 3. The molecule has 3 aliphatic rings. The molecule has 1 heterocycles. The number of nitrogens with zero attached hydrogens (tertiary/aromatic N) is 2. The molecule has 5 amide bonds. The molecule has 0 unspecified atom stereocenters. The van der Waals surface area contributed by atoms with Crippen molar-refractivity contribution in [1.29, 1.82) is 0 Å². The molecule has 1 aromatic carbocycles. The lowest BCUT2D eigenvalue weighted by Gasteiger charge is -2.38. The number of urea groups is 2. The molecule has 40 heavy (non-hydrogen) atoms. The Balaban J connectivity index is 1.50. The summed E-state index contributed by atoms with van der Waals surface area (Å²) in [6, 6.07) is 4.64. The Hall–Kier alpha value is -3.01. The number of fused-ring (bicyclic) bond motifs is 1. The highest BCUT2D eigenvalue weighted by Crippen LogP contribution is 2.31. The molecule has 222 valence electrons. The van der Waals surface area contributed by atoms with Crippen molar-refractivity contribution < 1.29 is 24.2 Å². The molecule has 4 N–H and O–H groups in total. The minimum Gasteiger partial charge on any atom is -0.487 e. The number of aliphatic hydroxyl groups is 1. The molecule has 4 rings (SSSR count). The Labute approximate surface area is 238 Å². The monoisotopic (exact) mass is 557 g/mol. The number of ether oxygens (including phenoxy) is 1. The molecule has 2 saturated carbocycles. The van der Waals surface area contributed by atoms with Crippen LogP contribution in [0.3, 0.4) is 0 Å². The fraction of sp³-hybridized carbons (Fsp3) is 0.700. The van der Waals surface area contributed by atoms with Crippen LogP contribution in [0.2, 0.25) is 0 Å². The van der Waals surface area contributed by atoms with Crippen LogP contribution in [0.5, 0.6) is 5.75 Å². The van der Waals surface area contributed by atoms with Gasteiger partial charge >= 0.3 is 12.1 Å². The molecule has 1 aromatic rings. The van der Waals surface area contributed by atoms with Crippen molar-refractivity contribution >= 4 is 23.7 Å². The number of benzene rings is 1. The standard InChI is InChI=1S/C30H47N5O5/c1-20-17-35(21(2)19-36)28(37)25-16-24(32-29(38)31-22-10-6-4-7-11-22)14-15-26(25)40-27(20)18-34(3)30(39)33-23-12-8-5-9-13-23/h14-16,20-23,27,36H,4-13,17-19H2,1-3H3,(H,33,39)(H2,31,32,38)/t20-,21-,27+/m0/s1. The van der Waals surface area contributed by atoms with Gasteiger partial charge in [0.15, 0.2) is 0 Å². The summed E-state index contributed by atoms with van der Waals surface area (Å²) in [5.74, 6) is 0.0349. The maximum Gasteiger partial charge on any atom is 0.319 e. The zero-order chi connectivity index (χ0) is 28.6. The van der Waals surface area contributed by atoms with Gasteiger partial charge in [0.25, 0.3) is 5.91 Å². The molecule has 0 bridgehead atoms. The molecule has 10 nitrogen and oxygen atoms in total. The number of carbonyl (C=O) groups is 3. The van der Waals surface area contributed by atoms with Crippen molar-refractivity contribution in [3.8, 4) is 5.75 Å². The summed E-state index contributed by atoms with van der Waals surface area (Å²) in [4.78, 5) is 42.6. The van der Waals surface area contributed by atoms with Gasteiger partial charge in [0.2, 0.25) is 0 Å². The lowest BCUT2D eigenvalue weighted by molar-refractivity contribution is 0.0366. The number of likely N-dealkylation sites (N-methyl/N-ethyl adjacent to an activating group) is 1. The van der Waals surface area contributed by atoms with Gasteiger partial charge in [-0.1, -0.05) is 45.4 Å². The van der Waals surface area contributed by atoms with Gasteiger partial charge < -0.3 is 35.6 Å². The topological polar surface area (TPSA) is 123 Å². The fourth-order valence-corrected chi connectivity index (χ4v) is 6.00. The smallest absolute Gasteiger partial charge is 0.319 e. The van der Waals surface area contributed by atoms with E-state index in [0.29, 0.717) is 30.1 Å². The molecule has 0 saturated heterocycles. The van der Waals surface area contributed by atoms with Crippen molar-refractivity contribution in [2.75, 3.05) is 32.1 Å². The summed E-state index contributed by atoms with van der Waals surface area (Å²) in [7, 11) is 1.77. The second kappa shape index (κ2) is 14.1. The number of carbonyl (C=O) groups excluding carboxylic acids is 3. The van der Waals surface area contributed by atoms with Crippen LogP contribution in [0, 0.1) is 5.92 Å². The fourth-order valence-electron chi connectivity index (χ4n) is 6.00. The van der Waals surface area contributed by atoms with Crippen molar-refractivity contribution in [3.63, 3.8) is 0 Å². The van der Waals surface area contributed by atoms with E-state index in [0.717, 1.165) is 51.4 Å². The molecule has 10 heteroatoms. The van der Waals surface area contributed by atoms with Crippen molar-refractivity contribution in [2.45, 2.75) is 102 Å². The van der Waals surface area contributed by atoms with Crippen LogP contribution in [-0.4, -0.2) is 83.8 Å². The summed E-state index contributed by atoms with van der Waals surface area (Å²) in [5, 5.41) is 19.0. The average Bonchev–Trinajstić information content (AvgIpc) is 2.95. The third-order valence-electron chi connectivity index (χ3n) is 8.60. The summed E-state index contributed by atoms with van der Waals surface area (Å²) in [6.07, 6.45) is 10.5. The van der Waals surface area contributed by atoms with E-state index in [2.05, 4.69) is 16.0 Å². The lowest BCUT2D eigenvalue weighted by atomic mass is 9.96. The van der Waals surface area contributed by atoms with E-state index >= 15 is 0 Å². The zero-order valence-corrected chi connectivity index (χ0v) is 24.3. The van der Waals surface area contributed by atoms with Gasteiger partial charge in [-0.05, 0) is 50.8 Å². The number of amides is 5. The summed E-state index contributed by atoms with van der Waals surface area (Å²) >= 11 is 0. The number of aliphatic hydroxyl groups excluding tert-OH is 1. The quantitative estimate of drug-likeness (QED) is 0.397. The predicted octanol–water partition coefficient (Wildman–Crippen LogP) is 4.34. The van der Waals surface area contributed by atoms with Crippen molar-refractivity contribution in [1.82, 2.24) is 20.4 Å². The Morgan fingerprint density at radius 1 is 1.05 bits per heavy atom. The predicted molar refractivity (Wildman–Crippen MR) is 155 cm³/mol. The SMILES string of the molecule is C[C@H]1CN([C@@H](C)CO)C(=O)c2cc(NC(=O)NC3CCCCC3)ccc2O[C@@H]1CN(C)C(=O)NC1CCCCC1. The Morgan fingerprint density at radius 2 is 1.68 bits per heavy atom. The van der Waals surface area contributed by atoms with Gasteiger partial charge in [-0.25, -0.2) is 9.59 Å². The number of hydrogen-bond donors (Lipinski definition) is 4. The van der Waals surface area contributed by atoms with Gasteiger partial charge in [0.05, 0.1) is 24.8 Å². The van der Waals surface area contributed by atoms with Gasteiger partial charge in [0, 0.05) is 37.3 Å². The van der Waals surface area contributed by atoms with Crippen LogP contribution in [0.25, 0.3) is 0 Å². The first-order valence-corrected chi connectivity index (χ1v) is 15.1. The molecule has 0 aromatic heterocycles. The molecule has 0 radical (unpaired) electrons. The normalized spacial score (nSPS) is 23.2. The first-order chi connectivity index (χ1) is 19.2. The van der Waals surface area contributed by atoms with E-state index in [1.165, 1.54) is 12.8 Å². The number of rotatable bonds is 7. The van der Waals surface area contributed by atoms with Crippen LogP contribution in [0.4, 0.5) is 15.3 Å². The number of hydrogen-bond acceptors (Lipinski definition) is 5. The molecule has 1 aliphatic heterocycles. The third-order valence-corrected chi connectivity index (χ3v) is 8.60. The second-order valence-electron chi connectivity index (χ2n) is 11.9. The molecule has 2 aliphatic carbocycles. The zero-order valence-electron chi connectivity index (χ0n) is 24.3. The summed E-state index contributed by atoms with van der Waals surface area (Å²) in [6.45, 7) is 4.34. The van der Waals surface area contributed by atoms with Gasteiger partial charge in [-0.15, -0.1) is 0 Å². The van der Waals surface area contributed by atoms with E-state index in [1.807, 2.05) is 13.8 Å².